The van der Waals surface area contributed by atoms with Gasteiger partial charge in [0.25, 0.3) is 0 Å². The van der Waals surface area contributed by atoms with Crippen molar-refractivity contribution >= 4 is 11.6 Å². The summed E-state index contributed by atoms with van der Waals surface area (Å²) in [4.78, 5) is 0. The van der Waals surface area contributed by atoms with Crippen LogP contribution in [0.1, 0.15) is 5.56 Å². The highest BCUT2D eigenvalue weighted by atomic mass is 35.5. The van der Waals surface area contributed by atoms with Gasteiger partial charge in [-0.1, -0.05) is 41.9 Å². The largest absolute Gasteiger partial charge is 0.437 e. The molecule has 0 atom stereocenters. The summed E-state index contributed by atoms with van der Waals surface area (Å²) < 4.78 is 5.72. The van der Waals surface area contributed by atoms with Crippen molar-refractivity contribution in [2.75, 3.05) is 0 Å². The molecule has 0 N–H and O–H groups in total. The van der Waals surface area contributed by atoms with Gasteiger partial charge in [-0.05, 0) is 36.8 Å². The molecule has 3 aromatic rings. The van der Waals surface area contributed by atoms with E-state index in [1.807, 2.05) is 67.6 Å². The molecule has 0 saturated carbocycles. The SMILES string of the molecule is Cc1ccccc1Oc1ccc(-c2ccc(Cl)cc2)nn1. The molecule has 0 saturated heterocycles. The van der Waals surface area contributed by atoms with Gasteiger partial charge in [0.15, 0.2) is 0 Å². The smallest absolute Gasteiger partial charge is 0.238 e. The number of ether oxygens (including phenoxy) is 1. The third kappa shape index (κ3) is 3.20. The second-order valence-electron chi connectivity index (χ2n) is 4.63. The molecule has 0 unspecified atom stereocenters. The number of benzene rings is 2. The van der Waals surface area contributed by atoms with Gasteiger partial charge in [-0.25, -0.2) is 0 Å². The Labute approximate surface area is 128 Å². The number of aromatic nitrogens is 2. The Morgan fingerprint density at radius 2 is 1.62 bits per heavy atom. The van der Waals surface area contributed by atoms with E-state index >= 15 is 0 Å². The Hall–Kier alpha value is -2.39. The highest BCUT2D eigenvalue weighted by Gasteiger charge is 2.04. The van der Waals surface area contributed by atoms with Crippen LogP contribution in [0.3, 0.4) is 0 Å². The van der Waals surface area contributed by atoms with Gasteiger partial charge >= 0.3 is 0 Å². The van der Waals surface area contributed by atoms with Crippen LogP contribution in [0, 0.1) is 6.92 Å². The van der Waals surface area contributed by atoms with Gasteiger partial charge in [-0.3, -0.25) is 0 Å². The summed E-state index contributed by atoms with van der Waals surface area (Å²) in [6, 6.07) is 19.0. The van der Waals surface area contributed by atoms with Crippen LogP contribution in [0.25, 0.3) is 11.3 Å². The summed E-state index contributed by atoms with van der Waals surface area (Å²) in [5.41, 5.74) is 2.80. The lowest BCUT2D eigenvalue weighted by Gasteiger charge is -2.07. The molecule has 3 nitrogen and oxygen atoms in total. The van der Waals surface area contributed by atoms with E-state index in [1.54, 1.807) is 0 Å². The Balaban J connectivity index is 1.81. The zero-order valence-electron chi connectivity index (χ0n) is 11.5. The fourth-order valence-corrected chi connectivity index (χ4v) is 2.06. The van der Waals surface area contributed by atoms with Gasteiger partial charge in [0.1, 0.15) is 5.75 Å². The number of para-hydroxylation sites is 1. The molecule has 0 aliphatic heterocycles. The first kappa shape index (κ1) is 13.6. The first-order valence-corrected chi connectivity index (χ1v) is 6.93. The van der Waals surface area contributed by atoms with Crippen molar-refractivity contribution in [3.05, 3.63) is 71.2 Å². The van der Waals surface area contributed by atoms with Crippen molar-refractivity contribution in [2.24, 2.45) is 0 Å². The summed E-state index contributed by atoms with van der Waals surface area (Å²) in [5, 5.41) is 9.00. The van der Waals surface area contributed by atoms with Crippen LogP contribution in [-0.4, -0.2) is 10.2 Å². The Bertz CT molecular complexity index is 739. The maximum Gasteiger partial charge on any atom is 0.238 e. The van der Waals surface area contributed by atoms with Crippen molar-refractivity contribution in [1.82, 2.24) is 10.2 Å². The second-order valence-corrected chi connectivity index (χ2v) is 5.07. The van der Waals surface area contributed by atoms with Gasteiger partial charge in [0.05, 0.1) is 5.69 Å². The lowest BCUT2D eigenvalue weighted by atomic mass is 10.1. The van der Waals surface area contributed by atoms with Crippen molar-refractivity contribution < 1.29 is 4.74 Å². The van der Waals surface area contributed by atoms with Crippen LogP contribution in [-0.2, 0) is 0 Å². The zero-order valence-corrected chi connectivity index (χ0v) is 12.2. The van der Waals surface area contributed by atoms with Crippen LogP contribution in [0.15, 0.2) is 60.7 Å². The highest BCUT2D eigenvalue weighted by Crippen LogP contribution is 2.24. The predicted octanol–water partition coefficient (Wildman–Crippen LogP) is 4.90. The van der Waals surface area contributed by atoms with E-state index in [1.165, 1.54) is 0 Å². The van der Waals surface area contributed by atoms with E-state index in [0.29, 0.717) is 10.9 Å². The number of rotatable bonds is 3. The van der Waals surface area contributed by atoms with Crippen LogP contribution < -0.4 is 4.74 Å². The second kappa shape index (κ2) is 5.94. The number of hydrogen-bond donors (Lipinski definition) is 0. The quantitative estimate of drug-likeness (QED) is 0.689. The fraction of sp³-hybridized carbons (Fsp3) is 0.0588. The molecule has 0 radical (unpaired) electrons. The topological polar surface area (TPSA) is 35.0 Å². The molecule has 0 amide bonds. The first-order chi connectivity index (χ1) is 10.2. The van der Waals surface area contributed by atoms with Crippen molar-refractivity contribution in [3.63, 3.8) is 0 Å². The summed E-state index contributed by atoms with van der Waals surface area (Å²) >= 11 is 5.87. The average molecular weight is 297 g/mol. The van der Waals surface area contributed by atoms with Crippen molar-refractivity contribution in [1.29, 1.82) is 0 Å². The van der Waals surface area contributed by atoms with Gasteiger partial charge in [-0.15, -0.1) is 10.2 Å². The van der Waals surface area contributed by atoms with E-state index in [0.717, 1.165) is 22.6 Å². The minimum atomic E-state index is 0.474. The van der Waals surface area contributed by atoms with Crippen LogP contribution >= 0.6 is 11.6 Å². The summed E-state index contributed by atoms with van der Waals surface area (Å²) in [7, 11) is 0. The molecule has 21 heavy (non-hydrogen) atoms. The average Bonchev–Trinajstić information content (AvgIpc) is 2.51. The Kier molecular flexibility index (Phi) is 3.84. The molecule has 0 aliphatic rings. The summed E-state index contributed by atoms with van der Waals surface area (Å²) in [6.07, 6.45) is 0. The molecule has 104 valence electrons. The van der Waals surface area contributed by atoms with Crippen molar-refractivity contribution in [2.45, 2.75) is 6.92 Å². The molecular weight excluding hydrogens is 284 g/mol. The molecule has 4 heteroatoms. The monoisotopic (exact) mass is 296 g/mol. The van der Waals surface area contributed by atoms with Gasteiger partial charge in [-0.2, -0.15) is 0 Å². The first-order valence-electron chi connectivity index (χ1n) is 6.55. The minimum absolute atomic E-state index is 0.474. The van der Waals surface area contributed by atoms with E-state index in [9.17, 15) is 0 Å². The third-order valence-corrected chi connectivity index (χ3v) is 3.34. The summed E-state index contributed by atoms with van der Waals surface area (Å²) in [6.45, 7) is 1.99. The number of aryl methyl sites for hydroxylation is 1. The molecule has 0 spiro atoms. The lowest BCUT2D eigenvalue weighted by molar-refractivity contribution is 0.452. The molecule has 1 aromatic heterocycles. The summed E-state index contributed by atoms with van der Waals surface area (Å²) in [5.74, 6) is 1.26. The molecule has 2 aromatic carbocycles. The number of hydrogen-bond acceptors (Lipinski definition) is 3. The van der Waals surface area contributed by atoms with E-state index in [2.05, 4.69) is 10.2 Å². The maximum atomic E-state index is 5.87. The zero-order chi connectivity index (χ0) is 14.7. The van der Waals surface area contributed by atoms with Gasteiger partial charge < -0.3 is 4.74 Å². The van der Waals surface area contributed by atoms with Gasteiger partial charge in [0, 0.05) is 16.7 Å². The standard InChI is InChI=1S/C17H13ClN2O/c1-12-4-2-3-5-16(12)21-17-11-10-15(19-20-17)13-6-8-14(18)9-7-13/h2-11H,1H3. The van der Waals surface area contributed by atoms with Crippen LogP contribution in [0.4, 0.5) is 0 Å². The van der Waals surface area contributed by atoms with Crippen molar-refractivity contribution in [3.8, 4) is 22.9 Å². The van der Waals surface area contributed by atoms with E-state index in [4.69, 9.17) is 16.3 Å². The molecule has 0 aliphatic carbocycles. The molecular formula is C17H13ClN2O. The lowest BCUT2D eigenvalue weighted by Crippen LogP contribution is -1.93. The predicted molar refractivity (Wildman–Crippen MR) is 83.7 cm³/mol. The van der Waals surface area contributed by atoms with Crippen LogP contribution in [0.5, 0.6) is 11.6 Å². The number of nitrogens with zero attached hydrogens (tertiary/aromatic N) is 2. The Morgan fingerprint density at radius 1 is 0.857 bits per heavy atom. The maximum absolute atomic E-state index is 5.87. The molecule has 1 heterocycles. The van der Waals surface area contributed by atoms with E-state index < -0.39 is 0 Å². The molecule has 0 bridgehead atoms. The van der Waals surface area contributed by atoms with Gasteiger partial charge in [0.2, 0.25) is 5.88 Å². The van der Waals surface area contributed by atoms with E-state index in [-0.39, 0.29) is 0 Å². The molecule has 3 rings (SSSR count). The van der Waals surface area contributed by atoms with Crippen LogP contribution in [0.2, 0.25) is 5.02 Å². The fourth-order valence-electron chi connectivity index (χ4n) is 1.93. The Morgan fingerprint density at radius 3 is 2.29 bits per heavy atom. The minimum Gasteiger partial charge on any atom is -0.437 e. The molecule has 0 fully saturated rings. The third-order valence-electron chi connectivity index (χ3n) is 3.09. The number of halogens is 1. The highest BCUT2D eigenvalue weighted by molar-refractivity contribution is 6.30. The normalized spacial score (nSPS) is 10.4.